The van der Waals surface area contributed by atoms with Gasteiger partial charge < -0.3 is 28.7 Å². The fraction of sp³-hybridized carbons (Fsp3) is 0.405. The summed E-state index contributed by atoms with van der Waals surface area (Å²) in [4.78, 5) is 19.6. The van der Waals surface area contributed by atoms with Crippen LogP contribution in [0, 0.1) is 6.92 Å². The van der Waals surface area contributed by atoms with E-state index in [1.165, 1.54) is 19.1 Å². The molecule has 0 unspecified atom stereocenters. The lowest BCUT2D eigenvalue weighted by Gasteiger charge is -2.30. The number of rotatable bonds is 11. The first-order chi connectivity index (χ1) is 27.7. The van der Waals surface area contributed by atoms with E-state index in [9.17, 15) is 8.78 Å². The molecule has 0 saturated carbocycles. The van der Waals surface area contributed by atoms with E-state index in [1.54, 1.807) is 26.2 Å². The summed E-state index contributed by atoms with van der Waals surface area (Å²) < 4.78 is 97.7. The number of hydrogen-bond acceptors (Lipinski definition) is 10. The zero-order valence-corrected chi connectivity index (χ0v) is 33.2. The number of benzene rings is 3. The third kappa shape index (κ3) is 7.61. The molecule has 5 heterocycles. The van der Waals surface area contributed by atoms with Crippen LogP contribution in [0.5, 0.6) is 23.3 Å². The van der Waals surface area contributed by atoms with Crippen molar-refractivity contribution < 1.29 is 40.9 Å². The van der Waals surface area contributed by atoms with Crippen LogP contribution < -0.4 is 28.7 Å². The summed E-state index contributed by atoms with van der Waals surface area (Å²) in [5, 5.41) is 0.303. The monoisotopic (exact) mass is 824 g/mol. The van der Waals surface area contributed by atoms with Crippen LogP contribution in [0.3, 0.4) is 0 Å². The number of aromatic nitrogens is 3. The minimum atomic E-state index is -4.82. The normalized spacial score (nSPS) is 18.8. The number of anilines is 2. The Labute approximate surface area is 337 Å². The van der Waals surface area contributed by atoms with E-state index < -0.39 is 28.9 Å². The molecule has 3 aliphatic heterocycles. The van der Waals surface area contributed by atoms with Crippen molar-refractivity contribution in [3.05, 3.63) is 87.9 Å². The van der Waals surface area contributed by atoms with Gasteiger partial charge in [-0.05, 0) is 79.4 Å². The van der Waals surface area contributed by atoms with Crippen LogP contribution in [-0.4, -0.2) is 85.4 Å². The van der Waals surface area contributed by atoms with Crippen LogP contribution in [0.4, 0.5) is 33.6 Å². The van der Waals surface area contributed by atoms with Crippen molar-refractivity contribution >= 4 is 34.1 Å². The van der Waals surface area contributed by atoms with Gasteiger partial charge in [-0.25, -0.2) is 13.8 Å². The Morgan fingerprint density at radius 3 is 2.19 bits per heavy atom. The Balaban J connectivity index is 1.26. The van der Waals surface area contributed by atoms with Crippen LogP contribution in [0.15, 0.2) is 60.7 Å². The maximum Gasteiger partial charge on any atom is 0.418 e. The smallest absolute Gasteiger partial charge is 0.418 e. The molecule has 8 rings (SSSR count). The summed E-state index contributed by atoms with van der Waals surface area (Å²) in [7, 11) is 4.93. The predicted octanol–water partition coefficient (Wildman–Crippen LogP) is 8.98. The molecule has 1 atom stereocenters. The molecule has 2 aromatic heterocycles. The van der Waals surface area contributed by atoms with Crippen LogP contribution in [0.2, 0.25) is 5.02 Å². The van der Waals surface area contributed by atoms with E-state index in [4.69, 9.17) is 35.5 Å². The molecule has 3 aromatic carbocycles. The largest absolute Gasteiger partial charge is 0.497 e. The van der Waals surface area contributed by atoms with Crippen molar-refractivity contribution in [1.29, 1.82) is 0 Å². The van der Waals surface area contributed by atoms with Crippen molar-refractivity contribution in [3.63, 3.8) is 0 Å². The maximum atomic E-state index is 15.2. The summed E-state index contributed by atoms with van der Waals surface area (Å²) in [5.41, 5.74) is -0.403. The quantitative estimate of drug-likeness (QED) is 0.120. The van der Waals surface area contributed by atoms with Crippen molar-refractivity contribution in [2.45, 2.75) is 56.9 Å². The molecule has 10 nitrogen and oxygen atoms in total. The average Bonchev–Trinajstić information content (AvgIpc) is 3.61. The van der Waals surface area contributed by atoms with Gasteiger partial charge in [0.1, 0.15) is 36.3 Å². The highest BCUT2D eigenvalue weighted by Crippen LogP contribution is 2.50. The number of methoxy groups -OCH3 is 2. The van der Waals surface area contributed by atoms with Crippen molar-refractivity contribution in [3.8, 4) is 34.5 Å². The van der Waals surface area contributed by atoms with Gasteiger partial charge in [-0.3, -0.25) is 4.90 Å². The van der Waals surface area contributed by atoms with Gasteiger partial charge in [0.05, 0.1) is 60.0 Å². The summed E-state index contributed by atoms with van der Waals surface area (Å²) in [5.74, 6) is -0.742. The second kappa shape index (κ2) is 15.2. The highest BCUT2D eigenvalue weighted by molar-refractivity contribution is 6.36. The van der Waals surface area contributed by atoms with Crippen LogP contribution in [0.25, 0.3) is 22.2 Å². The van der Waals surface area contributed by atoms with Crippen molar-refractivity contribution in [2.75, 3.05) is 63.9 Å². The summed E-state index contributed by atoms with van der Waals surface area (Å²) in [6.45, 7) is 2.63. The van der Waals surface area contributed by atoms with Gasteiger partial charge in [0.25, 0.3) is 5.92 Å². The maximum absolute atomic E-state index is 15.2. The summed E-state index contributed by atoms with van der Waals surface area (Å²) >= 11 is 7.09. The van der Waals surface area contributed by atoms with Crippen molar-refractivity contribution in [1.82, 2.24) is 19.9 Å². The molecule has 0 N–H and O–H groups in total. The number of halogens is 6. The van der Waals surface area contributed by atoms with E-state index in [-0.39, 0.29) is 65.4 Å². The molecule has 3 aliphatic rings. The van der Waals surface area contributed by atoms with Crippen molar-refractivity contribution in [2.24, 2.45) is 0 Å². The van der Waals surface area contributed by atoms with Crippen LogP contribution in [0.1, 0.15) is 41.5 Å². The molecule has 58 heavy (non-hydrogen) atoms. The first-order valence-corrected chi connectivity index (χ1v) is 19.3. The molecule has 0 amide bonds. The van der Waals surface area contributed by atoms with Crippen LogP contribution >= 0.6 is 11.6 Å². The Morgan fingerprint density at radius 2 is 1.57 bits per heavy atom. The first-order valence-electron chi connectivity index (χ1n) is 18.9. The molecule has 0 bridgehead atoms. The lowest BCUT2D eigenvalue weighted by molar-refractivity contribution is -0.137. The number of pyridine rings is 1. The average molecular weight is 825 g/mol. The lowest BCUT2D eigenvalue weighted by atomic mass is 9.94. The van der Waals surface area contributed by atoms with E-state index >= 15 is 13.2 Å². The Bertz CT molecular complexity index is 2280. The Morgan fingerprint density at radius 1 is 0.914 bits per heavy atom. The predicted molar refractivity (Wildman–Crippen MR) is 211 cm³/mol. The number of fused-ring (bicyclic) bond motifs is 1. The van der Waals surface area contributed by atoms with Gasteiger partial charge in [-0.1, -0.05) is 35.9 Å². The number of aryl methyl sites for hydroxylation is 1. The molecule has 0 aliphatic carbocycles. The van der Waals surface area contributed by atoms with Gasteiger partial charge in [0.15, 0.2) is 5.75 Å². The molecule has 5 aromatic rings. The summed E-state index contributed by atoms with van der Waals surface area (Å²) in [6, 6.07) is 17.6. The molecule has 2 fully saturated rings. The zero-order valence-electron chi connectivity index (χ0n) is 32.4. The molecule has 16 heteroatoms. The van der Waals surface area contributed by atoms with E-state index in [1.807, 2.05) is 58.3 Å². The SMILES string of the molecule is COc1ccc(CN(Cc2ccc(OC)cc2)c2cc(C)c(C(F)(F)F)c(-c3cc4nc(OC[C@]56CCCN5CC(F)(F)C6)nc5c4c(c3Cl)OCCN5C)n2)cc1. The van der Waals surface area contributed by atoms with Gasteiger partial charge >= 0.3 is 12.2 Å². The topological polar surface area (TPSA) is 85.3 Å². The highest BCUT2D eigenvalue weighted by atomic mass is 35.5. The number of nitrogens with zero attached hydrogens (tertiary/aromatic N) is 6. The number of ether oxygens (including phenoxy) is 4. The van der Waals surface area contributed by atoms with Crippen LogP contribution in [-0.2, 0) is 19.3 Å². The third-order valence-corrected chi connectivity index (χ3v) is 11.6. The van der Waals surface area contributed by atoms with E-state index in [0.29, 0.717) is 55.3 Å². The second-order valence-electron chi connectivity index (χ2n) is 15.2. The number of hydrogen-bond donors (Lipinski definition) is 0. The fourth-order valence-electron chi connectivity index (χ4n) is 8.40. The van der Waals surface area contributed by atoms with Gasteiger partial charge in [0, 0.05) is 32.1 Å². The standard InChI is InChI=1S/C42H42ClF5N6O4/c1-25-18-32(53(20-26-6-10-28(55-3)11-7-26)21-27-8-12-29(56-4)13-9-27)50-36(34(25)42(46,47)48)30-19-31-33-37(35(30)43)57-17-16-52(2)38(33)51-39(49-31)58-24-40-14-5-15-54(40)23-41(44,45)22-40/h6-13,18-19H,5,14-17,20-24H2,1-4H3/t40-/m1/s1. The molecule has 0 radical (unpaired) electrons. The van der Waals surface area contributed by atoms with Gasteiger partial charge in [0.2, 0.25) is 0 Å². The van der Waals surface area contributed by atoms with E-state index in [2.05, 4.69) is 9.97 Å². The Kier molecular flexibility index (Phi) is 10.4. The van der Waals surface area contributed by atoms with E-state index in [0.717, 1.165) is 17.5 Å². The minimum Gasteiger partial charge on any atom is -0.497 e. The molecular formula is C42H42ClF5N6O4. The number of alkyl halides is 5. The molecule has 0 spiro atoms. The molecular weight excluding hydrogens is 783 g/mol. The van der Waals surface area contributed by atoms with Gasteiger partial charge in [-0.15, -0.1) is 0 Å². The Hall–Kier alpha value is -5.15. The minimum absolute atomic E-state index is 0.0496. The fourth-order valence-corrected chi connectivity index (χ4v) is 8.69. The number of likely N-dealkylation sites (N-methyl/N-ethyl adjacent to an activating group) is 1. The first kappa shape index (κ1) is 39.7. The second-order valence-corrected chi connectivity index (χ2v) is 15.6. The summed E-state index contributed by atoms with van der Waals surface area (Å²) in [6.07, 6.45) is -3.86. The zero-order chi connectivity index (χ0) is 41.0. The molecule has 306 valence electrons. The van der Waals surface area contributed by atoms with Gasteiger partial charge in [-0.2, -0.15) is 23.1 Å². The third-order valence-electron chi connectivity index (χ3n) is 11.2. The molecule has 2 saturated heterocycles. The lowest BCUT2D eigenvalue weighted by Crippen LogP contribution is -2.43. The highest BCUT2D eigenvalue weighted by Gasteiger charge is 2.57.